The maximum absolute atomic E-state index is 11.8. The molecule has 0 fully saturated rings. The fraction of sp³-hybridized carbons (Fsp3) is 0.0667. The summed E-state index contributed by atoms with van der Waals surface area (Å²) in [5, 5.41) is 3.95. The van der Waals surface area contributed by atoms with Crippen LogP contribution in [0.5, 0.6) is 0 Å². The predicted molar refractivity (Wildman–Crippen MR) is 80.4 cm³/mol. The zero-order valence-electron chi connectivity index (χ0n) is 10.4. The topological polar surface area (TPSA) is 41.5 Å². The number of hydrogen-bond acceptors (Lipinski definition) is 2. The molecule has 0 saturated heterocycles. The van der Waals surface area contributed by atoms with Gasteiger partial charge in [0.1, 0.15) is 0 Å². The van der Waals surface area contributed by atoms with E-state index in [0.29, 0.717) is 5.56 Å². The molecular formula is C15H13BrN2O. The van der Waals surface area contributed by atoms with Gasteiger partial charge in [0.2, 0.25) is 0 Å². The van der Waals surface area contributed by atoms with Crippen molar-refractivity contribution in [3.63, 3.8) is 0 Å². The van der Waals surface area contributed by atoms with Crippen LogP contribution in [-0.4, -0.2) is 12.1 Å². The molecule has 4 heteroatoms. The first kappa shape index (κ1) is 13.5. The van der Waals surface area contributed by atoms with Crippen LogP contribution < -0.4 is 5.43 Å². The third-order valence-electron chi connectivity index (χ3n) is 2.51. The fourth-order valence-electron chi connectivity index (χ4n) is 1.61. The molecule has 0 unspecified atom stereocenters. The molecule has 96 valence electrons. The first-order chi connectivity index (χ1) is 9.15. The molecule has 3 nitrogen and oxygen atoms in total. The van der Waals surface area contributed by atoms with Gasteiger partial charge < -0.3 is 0 Å². The fourth-order valence-corrected chi connectivity index (χ4v) is 2.01. The number of carbonyl (C=O) groups excluding carboxylic acids is 1. The van der Waals surface area contributed by atoms with Crippen LogP contribution in [0, 0.1) is 6.92 Å². The summed E-state index contributed by atoms with van der Waals surface area (Å²) in [5.41, 5.74) is 5.18. The molecule has 0 aliphatic rings. The molecule has 0 aliphatic heterocycles. The number of carbonyl (C=O) groups is 1. The summed E-state index contributed by atoms with van der Waals surface area (Å²) >= 11 is 3.32. The Morgan fingerprint density at radius 2 is 2.00 bits per heavy atom. The number of amides is 1. The molecule has 0 aliphatic carbocycles. The highest BCUT2D eigenvalue weighted by Gasteiger charge is 2.03. The highest BCUT2D eigenvalue weighted by atomic mass is 79.9. The summed E-state index contributed by atoms with van der Waals surface area (Å²) in [4.78, 5) is 11.8. The highest BCUT2D eigenvalue weighted by molar-refractivity contribution is 9.10. The van der Waals surface area contributed by atoms with Crippen molar-refractivity contribution in [2.75, 3.05) is 0 Å². The molecule has 0 spiro atoms. The first-order valence-corrected chi connectivity index (χ1v) is 6.60. The second-order valence-electron chi connectivity index (χ2n) is 4.12. The van der Waals surface area contributed by atoms with E-state index in [2.05, 4.69) is 26.5 Å². The van der Waals surface area contributed by atoms with Gasteiger partial charge in [0.15, 0.2) is 0 Å². The van der Waals surface area contributed by atoms with Gasteiger partial charge in [-0.15, -0.1) is 0 Å². The molecular weight excluding hydrogens is 304 g/mol. The van der Waals surface area contributed by atoms with Gasteiger partial charge in [0.25, 0.3) is 5.91 Å². The minimum absolute atomic E-state index is 0.231. The Hall–Kier alpha value is -1.94. The van der Waals surface area contributed by atoms with Gasteiger partial charge in [-0.1, -0.05) is 51.8 Å². The third-order valence-corrected chi connectivity index (χ3v) is 3.00. The van der Waals surface area contributed by atoms with E-state index in [4.69, 9.17) is 0 Å². The molecule has 2 aromatic rings. The van der Waals surface area contributed by atoms with Crippen molar-refractivity contribution in [2.45, 2.75) is 6.92 Å². The van der Waals surface area contributed by atoms with Crippen molar-refractivity contribution in [1.82, 2.24) is 5.43 Å². The Morgan fingerprint density at radius 1 is 1.21 bits per heavy atom. The average Bonchev–Trinajstić information content (AvgIpc) is 2.38. The summed E-state index contributed by atoms with van der Waals surface area (Å²) in [6.45, 7) is 2.01. The molecule has 2 aromatic carbocycles. The number of aryl methyl sites for hydroxylation is 1. The summed E-state index contributed by atoms with van der Waals surface area (Å²) in [6, 6.07) is 15.1. The van der Waals surface area contributed by atoms with Gasteiger partial charge in [-0.2, -0.15) is 5.10 Å². The lowest BCUT2D eigenvalue weighted by Crippen LogP contribution is -2.17. The van der Waals surface area contributed by atoms with Crippen LogP contribution in [0.1, 0.15) is 21.5 Å². The van der Waals surface area contributed by atoms with Crippen molar-refractivity contribution in [2.24, 2.45) is 5.10 Å². The highest BCUT2D eigenvalue weighted by Crippen LogP contribution is 2.11. The van der Waals surface area contributed by atoms with Gasteiger partial charge in [0.05, 0.1) is 6.21 Å². The lowest BCUT2D eigenvalue weighted by molar-refractivity contribution is 0.0955. The number of hydrogen-bond donors (Lipinski definition) is 1. The van der Waals surface area contributed by atoms with Crippen LogP contribution in [0.25, 0.3) is 0 Å². The van der Waals surface area contributed by atoms with E-state index in [-0.39, 0.29) is 5.91 Å². The van der Waals surface area contributed by atoms with E-state index in [1.807, 2.05) is 43.3 Å². The van der Waals surface area contributed by atoms with Crippen molar-refractivity contribution >= 4 is 28.1 Å². The van der Waals surface area contributed by atoms with Gasteiger partial charge in [0, 0.05) is 10.0 Å². The Kier molecular flexibility index (Phi) is 4.47. The molecule has 19 heavy (non-hydrogen) atoms. The van der Waals surface area contributed by atoms with Crippen molar-refractivity contribution in [3.8, 4) is 0 Å². The van der Waals surface area contributed by atoms with Crippen LogP contribution in [0.3, 0.4) is 0 Å². The summed E-state index contributed by atoms with van der Waals surface area (Å²) in [7, 11) is 0. The summed E-state index contributed by atoms with van der Waals surface area (Å²) in [6.07, 6.45) is 1.63. The van der Waals surface area contributed by atoms with E-state index in [1.54, 1.807) is 18.3 Å². The van der Waals surface area contributed by atoms with Gasteiger partial charge >= 0.3 is 0 Å². The number of rotatable bonds is 3. The number of nitrogens with one attached hydrogen (secondary N) is 1. The van der Waals surface area contributed by atoms with Crippen LogP contribution in [0.15, 0.2) is 58.1 Å². The normalized spacial score (nSPS) is 10.6. The van der Waals surface area contributed by atoms with Crippen LogP contribution in [0.2, 0.25) is 0 Å². The largest absolute Gasteiger partial charge is 0.271 e. The number of hydrazone groups is 1. The number of halogens is 1. The molecule has 1 amide bonds. The zero-order chi connectivity index (χ0) is 13.7. The molecule has 0 saturated carbocycles. The van der Waals surface area contributed by atoms with E-state index in [9.17, 15) is 4.79 Å². The molecule has 2 rings (SSSR count). The van der Waals surface area contributed by atoms with Crippen LogP contribution >= 0.6 is 15.9 Å². The Labute approximate surface area is 120 Å². The maximum Gasteiger partial charge on any atom is 0.271 e. The average molecular weight is 317 g/mol. The minimum Gasteiger partial charge on any atom is -0.267 e. The van der Waals surface area contributed by atoms with Gasteiger partial charge in [-0.25, -0.2) is 5.43 Å². The van der Waals surface area contributed by atoms with Crippen LogP contribution in [-0.2, 0) is 0 Å². The second-order valence-corrected chi connectivity index (χ2v) is 5.04. The van der Waals surface area contributed by atoms with Crippen molar-refractivity contribution in [3.05, 3.63) is 69.7 Å². The van der Waals surface area contributed by atoms with E-state index in [0.717, 1.165) is 15.6 Å². The summed E-state index contributed by atoms with van der Waals surface area (Å²) < 4.78 is 0.864. The Bertz CT molecular complexity index is 623. The van der Waals surface area contributed by atoms with E-state index < -0.39 is 0 Å². The lowest BCUT2D eigenvalue weighted by atomic mass is 10.2. The molecule has 0 heterocycles. The SMILES string of the molecule is Cc1cccc(C=NNC(=O)c2cccc(Br)c2)c1. The Balaban J connectivity index is 2.01. The standard InChI is InChI=1S/C15H13BrN2O/c1-11-4-2-5-12(8-11)10-17-18-15(19)13-6-3-7-14(16)9-13/h2-10H,1H3,(H,18,19). The number of benzene rings is 2. The van der Waals surface area contributed by atoms with Gasteiger partial charge in [-0.3, -0.25) is 4.79 Å². The van der Waals surface area contributed by atoms with Crippen molar-refractivity contribution in [1.29, 1.82) is 0 Å². The van der Waals surface area contributed by atoms with Gasteiger partial charge in [-0.05, 0) is 30.7 Å². The van der Waals surface area contributed by atoms with E-state index in [1.165, 1.54) is 0 Å². The summed E-state index contributed by atoms with van der Waals surface area (Å²) in [5.74, 6) is -0.231. The quantitative estimate of drug-likeness (QED) is 0.683. The number of nitrogens with zero attached hydrogens (tertiary/aromatic N) is 1. The zero-order valence-corrected chi connectivity index (χ0v) is 12.0. The second kappa shape index (κ2) is 6.29. The smallest absolute Gasteiger partial charge is 0.267 e. The van der Waals surface area contributed by atoms with Crippen LogP contribution in [0.4, 0.5) is 0 Å². The van der Waals surface area contributed by atoms with E-state index >= 15 is 0 Å². The first-order valence-electron chi connectivity index (χ1n) is 5.81. The lowest BCUT2D eigenvalue weighted by Gasteiger charge is -2.00. The molecule has 1 N–H and O–H groups in total. The predicted octanol–water partition coefficient (Wildman–Crippen LogP) is 3.52. The third kappa shape index (κ3) is 4.03. The molecule has 0 radical (unpaired) electrons. The minimum atomic E-state index is -0.231. The van der Waals surface area contributed by atoms with Crippen molar-refractivity contribution < 1.29 is 4.79 Å². The monoisotopic (exact) mass is 316 g/mol. The maximum atomic E-state index is 11.8. The molecule has 0 bridgehead atoms. The Morgan fingerprint density at radius 3 is 2.74 bits per heavy atom. The molecule has 0 aromatic heterocycles. The molecule has 0 atom stereocenters.